The first kappa shape index (κ1) is 13.7. The van der Waals surface area contributed by atoms with Crippen LogP contribution in [0.25, 0.3) is 11.4 Å². The van der Waals surface area contributed by atoms with Crippen LogP contribution in [-0.4, -0.2) is 21.2 Å². The smallest absolute Gasteiger partial charge is 0.306 e. The molecule has 2 aromatic rings. The predicted octanol–water partition coefficient (Wildman–Crippen LogP) is 2.98. The van der Waals surface area contributed by atoms with Crippen molar-refractivity contribution < 1.29 is 23.2 Å². The number of hydrogen-bond acceptors (Lipinski definition) is 4. The van der Waals surface area contributed by atoms with Crippen molar-refractivity contribution in [1.82, 2.24) is 10.1 Å². The summed E-state index contributed by atoms with van der Waals surface area (Å²) in [4.78, 5) is 15.1. The minimum Gasteiger partial charge on any atom is -0.481 e. The van der Waals surface area contributed by atoms with Gasteiger partial charge in [0, 0.05) is 11.5 Å². The molecule has 1 N–H and O–H groups in total. The van der Waals surface area contributed by atoms with E-state index in [9.17, 15) is 13.6 Å². The van der Waals surface area contributed by atoms with Gasteiger partial charge in [0.15, 0.2) is 11.6 Å². The Bertz CT molecular complexity index is 687. The van der Waals surface area contributed by atoms with Gasteiger partial charge in [-0.2, -0.15) is 4.98 Å². The number of carboxylic acids is 1. The minimum absolute atomic E-state index is 0.0994. The Kier molecular flexibility index (Phi) is 3.40. The highest BCUT2D eigenvalue weighted by Gasteiger charge is 2.33. The van der Waals surface area contributed by atoms with Gasteiger partial charge in [-0.1, -0.05) is 5.16 Å². The number of benzene rings is 1. The fourth-order valence-electron chi connectivity index (χ4n) is 2.58. The quantitative estimate of drug-likeness (QED) is 0.941. The lowest BCUT2D eigenvalue weighted by molar-refractivity contribution is -0.141. The lowest BCUT2D eigenvalue weighted by Crippen LogP contribution is -2.09. The Morgan fingerprint density at radius 1 is 1.29 bits per heavy atom. The highest BCUT2D eigenvalue weighted by atomic mass is 19.2. The van der Waals surface area contributed by atoms with Crippen LogP contribution in [0.2, 0.25) is 0 Å². The monoisotopic (exact) mass is 294 g/mol. The molecule has 21 heavy (non-hydrogen) atoms. The Morgan fingerprint density at radius 3 is 2.76 bits per heavy atom. The third-order valence-corrected chi connectivity index (χ3v) is 3.75. The Morgan fingerprint density at radius 2 is 2.10 bits per heavy atom. The second kappa shape index (κ2) is 5.23. The summed E-state index contributed by atoms with van der Waals surface area (Å²) in [5.41, 5.74) is 0.316. The van der Waals surface area contributed by atoms with E-state index < -0.39 is 23.5 Å². The number of carbonyl (C=O) groups is 1. The summed E-state index contributed by atoms with van der Waals surface area (Å²) in [6.07, 6.45) is 1.69. The van der Waals surface area contributed by atoms with E-state index in [4.69, 9.17) is 9.63 Å². The molecule has 0 radical (unpaired) electrons. The summed E-state index contributed by atoms with van der Waals surface area (Å²) in [6, 6.07) is 3.36. The summed E-state index contributed by atoms with van der Waals surface area (Å²) in [5, 5.41) is 12.7. The molecule has 1 aromatic heterocycles. The molecule has 1 saturated carbocycles. The normalized spacial score (nSPS) is 21.6. The first-order chi connectivity index (χ1) is 10.0. The second-order valence-corrected chi connectivity index (χ2v) is 5.13. The topological polar surface area (TPSA) is 76.2 Å². The molecule has 0 bridgehead atoms. The molecular formula is C14H12F2N2O3. The van der Waals surface area contributed by atoms with Gasteiger partial charge in [-0.05, 0) is 37.5 Å². The average molecular weight is 294 g/mol. The molecule has 2 unspecified atom stereocenters. The summed E-state index contributed by atoms with van der Waals surface area (Å²) in [6.45, 7) is 0. The fourth-order valence-corrected chi connectivity index (χ4v) is 2.58. The maximum absolute atomic E-state index is 13.2. The number of aliphatic carboxylic acids is 1. The molecule has 7 heteroatoms. The van der Waals surface area contributed by atoms with Gasteiger partial charge >= 0.3 is 5.97 Å². The minimum atomic E-state index is -0.981. The van der Waals surface area contributed by atoms with Gasteiger partial charge in [0.25, 0.3) is 0 Å². The fraction of sp³-hybridized carbons (Fsp3) is 0.357. The summed E-state index contributed by atoms with van der Waals surface area (Å²) >= 11 is 0. The van der Waals surface area contributed by atoms with Crippen LogP contribution in [0.1, 0.15) is 31.1 Å². The van der Waals surface area contributed by atoms with Gasteiger partial charge in [-0.15, -0.1) is 0 Å². The number of hydrogen-bond donors (Lipinski definition) is 1. The molecule has 1 fully saturated rings. The zero-order chi connectivity index (χ0) is 15.0. The molecule has 1 aliphatic rings. The standard InChI is InChI=1S/C14H12F2N2O3/c15-10-4-3-7(6-11(10)16)12-17-13(21-18-12)8-1-2-9(5-8)14(19)20/h3-4,6,8-9H,1-2,5H2,(H,19,20). The highest BCUT2D eigenvalue weighted by molar-refractivity contribution is 5.70. The second-order valence-electron chi connectivity index (χ2n) is 5.13. The first-order valence-electron chi connectivity index (χ1n) is 6.56. The van der Waals surface area contributed by atoms with Gasteiger partial charge < -0.3 is 9.63 Å². The Hall–Kier alpha value is -2.31. The van der Waals surface area contributed by atoms with E-state index >= 15 is 0 Å². The molecule has 0 amide bonds. The number of nitrogens with zero attached hydrogens (tertiary/aromatic N) is 2. The number of aromatic nitrogens is 2. The van der Waals surface area contributed by atoms with Crippen LogP contribution < -0.4 is 0 Å². The van der Waals surface area contributed by atoms with Crippen LogP contribution in [0, 0.1) is 17.6 Å². The third-order valence-electron chi connectivity index (χ3n) is 3.75. The van der Waals surface area contributed by atoms with E-state index in [2.05, 4.69) is 10.1 Å². The van der Waals surface area contributed by atoms with E-state index in [-0.39, 0.29) is 11.7 Å². The van der Waals surface area contributed by atoms with Crippen LogP contribution in [0.5, 0.6) is 0 Å². The molecule has 110 valence electrons. The predicted molar refractivity (Wildman–Crippen MR) is 67.4 cm³/mol. The Labute approximate surface area is 118 Å². The zero-order valence-electron chi connectivity index (χ0n) is 10.9. The highest BCUT2D eigenvalue weighted by Crippen LogP contribution is 2.38. The van der Waals surface area contributed by atoms with Crippen LogP contribution in [0.4, 0.5) is 8.78 Å². The van der Waals surface area contributed by atoms with Crippen molar-refractivity contribution in [2.45, 2.75) is 25.2 Å². The van der Waals surface area contributed by atoms with Gasteiger partial charge in [0.1, 0.15) is 0 Å². The van der Waals surface area contributed by atoms with Crippen molar-refractivity contribution in [3.63, 3.8) is 0 Å². The van der Waals surface area contributed by atoms with Crippen molar-refractivity contribution in [2.75, 3.05) is 0 Å². The van der Waals surface area contributed by atoms with E-state index in [0.717, 1.165) is 12.1 Å². The van der Waals surface area contributed by atoms with E-state index in [1.807, 2.05) is 0 Å². The molecule has 1 aromatic carbocycles. The summed E-state index contributed by atoms with van der Waals surface area (Å²) < 4.78 is 31.2. The van der Waals surface area contributed by atoms with Crippen LogP contribution in [-0.2, 0) is 4.79 Å². The molecular weight excluding hydrogens is 282 g/mol. The van der Waals surface area contributed by atoms with Crippen molar-refractivity contribution in [2.24, 2.45) is 5.92 Å². The summed E-state index contributed by atoms with van der Waals surface area (Å²) in [5.74, 6) is -2.72. The van der Waals surface area contributed by atoms with Gasteiger partial charge in [0.2, 0.25) is 11.7 Å². The van der Waals surface area contributed by atoms with Gasteiger partial charge in [-0.25, -0.2) is 8.78 Å². The largest absolute Gasteiger partial charge is 0.481 e. The third kappa shape index (κ3) is 2.63. The molecule has 2 atom stereocenters. The molecule has 0 aliphatic heterocycles. The molecule has 0 spiro atoms. The summed E-state index contributed by atoms with van der Waals surface area (Å²) in [7, 11) is 0. The van der Waals surface area contributed by atoms with Crippen molar-refractivity contribution in [3.8, 4) is 11.4 Å². The molecule has 1 aliphatic carbocycles. The number of rotatable bonds is 3. The van der Waals surface area contributed by atoms with E-state index in [1.54, 1.807) is 0 Å². The van der Waals surface area contributed by atoms with Crippen molar-refractivity contribution in [3.05, 3.63) is 35.7 Å². The van der Waals surface area contributed by atoms with Crippen molar-refractivity contribution >= 4 is 5.97 Å². The number of carboxylic acid groups (broad SMARTS) is 1. The lowest BCUT2D eigenvalue weighted by atomic mass is 10.1. The van der Waals surface area contributed by atoms with Gasteiger partial charge in [0.05, 0.1) is 5.92 Å². The van der Waals surface area contributed by atoms with E-state index in [1.165, 1.54) is 6.07 Å². The molecule has 5 nitrogen and oxygen atoms in total. The van der Waals surface area contributed by atoms with E-state index in [0.29, 0.717) is 30.7 Å². The zero-order valence-corrected chi connectivity index (χ0v) is 10.9. The molecule has 3 rings (SSSR count). The Balaban J connectivity index is 1.80. The van der Waals surface area contributed by atoms with Crippen LogP contribution in [0.15, 0.2) is 22.7 Å². The molecule has 1 heterocycles. The molecule has 0 saturated heterocycles. The van der Waals surface area contributed by atoms with Gasteiger partial charge in [-0.3, -0.25) is 4.79 Å². The first-order valence-corrected chi connectivity index (χ1v) is 6.56. The maximum atomic E-state index is 13.2. The number of halogens is 2. The van der Waals surface area contributed by atoms with Crippen LogP contribution in [0.3, 0.4) is 0 Å². The maximum Gasteiger partial charge on any atom is 0.306 e. The average Bonchev–Trinajstić information content (AvgIpc) is 3.09. The van der Waals surface area contributed by atoms with Crippen molar-refractivity contribution in [1.29, 1.82) is 0 Å². The van der Waals surface area contributed by atoms with Crippen LogP contribution >= 0.6 is 0 Å². The SMILES string of the molecule is O=C(O)C1CCC(c2nc(-c3ccc(F)c(F)c3)no2)C1. The lowest BCUT2D eigenvalue weighted by Gasteiger charge is -2.02.